The van der Waals surface area contributed by atoms with Gasteiger partial charge in [0.2, 0.25) is 5.91 Å². The Morgan fingerprint density at radius 1 is 1.43 bits per heavy atom. The first-order valence-corrected chi connectivity index (χ1v) is 7.17. The van der Waals surface area contributed by atoms with Crippen LogP contribution in [0.2, 0.25) is 0 Å². The van der Waals surface area contributed by atoms with Crippen LogP contribution in [0.15, 0.2) is 29.8 Å². The molecule has 1 aliphatic rings. The third-order valence-corrected chi connectivity index (χ3v) is 3.75. The highest BCUT2D eigenvalue weighted by Crippen LogP contribution is 2.24. The van der Waals surface area contributed by atoms with Crippen LogP contribution in [0, 0.1) is 5.82 Å². The average molecular weight is 291 g/mol. The number of rotatable bonds is 2. The Morgan fingerprint density at radius 3 is 2.76 bits per heavy atom. The average Bonchev–Trinajstić information content (AvgIpc) is 2.43. The number of halogens is 1. The number of carbonyl (C=O) groups excluding carboxylic acids is 1. The van der Waals surface area contributed by atoms with Gasteiger partial charge in [-0.3, -0.25) is 4.79 Å². The molecular weight excluding hydrogens is 269 g/mol. The predicted molar refractivity (Wildman–Crippen MR) is 81.3 cm³/mol. The van der Waals surface area contributed by atoms with Crippen molar-refractivity contribution in [1.82, 2.24) is 4.90 Å². The van der Waals surface area contributed by atoms with Crippen LogP contribution >= 0.6 is 0 Å². The minimum Gasteiger partial charge on any atom is -0.374 e. The summed E-state index contributed by atoms with van der Waals surface area (Å²) in [4.78, 5) is 14.5. The van der Waals surface area contributed by atoms with Crippen molar-refractivity contribution in [2.45, 2.75) is 39.3 Å². The summed E-state index contributed by atoms with van der Waals surface area (Å²) in [6.45, 7) is 8.69. The molecule has 0 aromatic heterocycles. The first kappa shape index (κ1) is 15.7. The summed E-state index contributed by atoms with van der Waals surface area (Å²) in [6.07, 6.45) is 1.62. The van der Waals surface area contributed by atoms with Gasteiger partial charge in [-0.1, -0.05) is 18.2 Å². The molecule has 0 aliphatic carbocycles. The zero-order chi connectivity index (χ0) is 15.6. The summed E-state index contributed by atoms with van der Waals surface area (Å²) in [5.74, 6) is -0.391. The maximum atomic E-state index is 13.7. The quantitative estimate of drug-likeness (QED) is 0.783. The molecule has 0 bridgehead atoms. The fourth-order valence-corrected chi connectivity index (χ4v) is 2.44. The van der Waals surface area contributed by atoms with E-state index in [1.54, 1.807) is 31.2 Å². The Morgan fingerprint density at radius 2 is 2.10 bits per heavy atom. The number of carbonyl (C=O) groups is 1. The standard InChI is InChI=1S/C17H22FNO2/c1-12(9-14-7-5-6-8-15(14)18)16(20)19-10-13(2)21-11-17(19,3)4/h5-9,13H,10-11H2,1-4H3/b12-9+. The van der Waals surface area contributed by atoms with Crippen molar-refractivity contribution < 1.29 is 13.9 Å². The Bertz CT molecular complexity index is 566. The minimum absolute atomic E-state index is 0.0169. The van der Waals surface area contributed by atoms with Gasteiger partial charge >= 0.3 is 0 Å². The second kappa shape index (κ2) is 5.98. The molecule has 4 heteroatoms. The number of amides is 1. The zero-order valence-electron chi connectivity index (χ0n) is 13.0. The van der Waals surface area contributed by atoms with Gasteiger partial charge in [-0.05, 0) is 39.8 Å². The molecule has 1 aromatic carbocycles. The molecule has 0 radical (unpaired) electrons. The van der Waals surface area contributed by atoms with E-state index in [2.05, 4.69) is 0 Å². The third kappa shape index (κ3) is 3.50. The van der Waals surface area contributed by atoms with E-state index in [9.17, 15) is 9.18 Å². The molecule has 3 nitrogen and oxygen atoms in total. The molecule has 1 amide bonds. The first-order chi connectivity index (χ1) is 9.81. The molecular formula is C17H22FNO2. The smallest absolute Gasteiger partial charge is 0.250 e. The minimum atomic E-state index is -0.353. The molecule has 1 saturated heterocycles. The maximum absolute atomic E-state index is 13.7. The maximum Gasteiger partial charge on any atom is 0.250 e. The Balaban J connectivity index is 2.24. The fourth-order valence-electron chi connectivity index (χ4n) is 2.44. The van der Waals surface area contributed by atoms with E-state index in [0.717, 1.165) is 0 Å². The van der Waals surface area contributed by atoms with Crippen LogP contribution in [0.3, 0.4) is 0 Å². The summed E-state index contributed by atoms with van der Waals surface area (Å²) in [5, 5.41) is 0. The van der Waals surface area contributed by atoms with Gasteiger partial charge in [0.25, 0.3) is 0 Å². The molecule has 2 rings (SSSR count). The van der Waals surface area contributed by atoms with Gasteiger partial charge in [0.1, 0.15) is 5.82 Å². The van der Waals surface area contributed by atoms with Crippen LogP contribution < -0.4 is 0 Å². The topological polar surface area (TPSA) is 29.5 Å². The van der Waals surface area contributed by atoms with Crippen molar-refractivity contribution in [3.8, 4) is 0 Å². The SMILES string of the molecule is C/C(=C\c1ccccc1F)C(=O)N1CC(C)OCC1(C)C. The highest BCUT2D eigenvalue weighted by atomic mass is 19.1. The summed E-state index contributed by atoms with van der Waals surface area (Å²) < 4.78 is 19.3. The molecule has 1 unspecified atom stereocenters. The van der Waals surface area contributed by atoms with E-state index in [4.69, 9.17) is 4.74 Å². The molecule has 21 heavy (non-hydrogen) atoms. The lowest BCUT2D eigenvalue weighted by Crippen LogP contribution is -2.58. The second-order valence-corrected chi connectivity index (χ2v) is 6.20. The molecule has 0 spiro atoms. The number of nitrogens with zero attached hydrogens (tertiary/aromatic N) is 1. The summed E-state index contributed by atoms with van der Waals surface area (Å²) in [6, 6.07) is 6.45. The lowest BCUT2D eigenvalue weighted by Gasteiger charge is -2.44. The number of ether oxygens (including phenoxy) is 1. The van der Waals surface area contributed by atoms with Crippen LogP contribution in [0.1, 0.15) is 33.3 Å². The van der Waals surface area contributed by atoms with Gasteiger partial charge in [0.05, 0.1) is 18.2 Å². The van der Waals surface area contributed by atoms with E-state index in [-0.39, 0.29) is 23.4 Å². The van der Waals surface area contributed by atoms with E-state index < -0.39 is 0 Å². The summed E-state index contributed by atoms with van der Waals surface area (Å²) in [7, 11) is 0. The molecule has 0 N–H and O–H groups in total. The Hall–Kier alpha value is -1.68. The van der Waals surface area contributed by atoms with Gasteiger partial charge in [0, 0.05) is 17.7 Å². The second-order valence-electron chi connectivity index (χ2n) is 6.20. The molecule has 0 saturated carbocycles. The van der Waals surface area contributed by atoms with Crippen molar-refractivity contribution in [3.63, 3.8) is 0 Å². The first-order valence-electron chi connectivity index (χ1n) is 7.17. The van der Waals surface area contributed by atoms with Crippen LogP contribution in [-0.2, 0) is 9.53 Å². The molecule has 1 fully saturated rings. The molecule has 1 aliphatic heterocycles. The van der Waals surface area contributed by atoms with E-state index >= 15 is 0 Å². The van der Waals surface area contributed by atoms with Crippen LogP contribution in [-0.4, -0.2) is 35.6 Å². The zero-order valence-corrected chi connectivity index (χ0v) is 13.0. The van der Waals surface area contributed by atoms with Crippen molar-refractivity contribution in [3.05, 3.63) is 41.2 Å². The largest absolute Gasteiger partial charge is 0.374 e. The van der Waals surface area contributed by atoms with Crippen molar-refractivity contribution >= 4 is 12.0 Å². The van der Waals surface area contributed by atoms with E-state index in [0.29, 0.717) is 24.3 Å². The highest BCUT2D eigenvalue weighted by molar-refractivity contribution is 5.97. The molecule has 1 aromatic rings. The lowest BCUT2D eigenvalue weighted by molar-refractivity contribution is -0.148. The molecule has 1 atom stereocenters. The van der Waals surface area contributed by atoms with Crippen LogP contribution in [0.5, 0.6) is 0 Å². The lowest BCUT2D eigenvalue weighted by atomic mass is 9.99. The van der Waals surface area contributed by atoms with Gasteiger partial charge in [0.15, 0.2) is 0 Å². The monoisotopic (exact) mass is 291 g/mol. The highest BCUT2D eigenvalue weighted by Gasteiger charge is 2.36. The molecule has 1 heterocycles. The van der Waals surface area contributed by atoms with E-state index in [1.165, 1.54) is 6.07 Å². The van der Waals surface area contributed by atoms with E-state index in [1.807, 2.05) is 25.7 Å². The third-order valence-electron chi connectivity index (χ3n) is 3.75. The Labute approximate surface area is 125 Å². The number of hydrogen-bond acceptors (Lipinski definition) is 2. The Kier molecular flexibility index (Phi) is 4.47. The van der Waals surface area contributed by atoms with Gasteiger partial charge < -0.3 is 9.64 Å². The van der Waals surface area contributed by atoms with Crippen molar-refractivity contribution in [2.75, 3.05) is 13.2 Å². The summed E-state index contributed by atoms with van der Waals surface area (Å²) >= 11 is 0. The van der Waals surface area contributed by atoms with Crippen LogP contribution in [0.4, 0.5) is 4.39 Å². The van der Waals surface area contributed by atoms with Gasteiger partial charge in [-0.15, -0.1) is 0 Å². The van der Waals surface area contributed by atoms with Gasteiger partial charge in [-0.25, -0.2) is 4.39 Å². The number of benzene rings is 1. The van der Waals surface area contributed by atoms with Crippen LogP contribution in [0.25, 0.3) is 6.08 Å². The number of morpholine rings is 1. The fraction of sp³-hybridized carbons (Fsp3) is 0.471. The summed E-state index contributed by atoms with van der Waals surface area (Å²) in [5.41, 5.74) is 0.609. The van der Waals surface area contributed by atoms with Crippen molar-refractivity contribution in [2.24, 2.45) is 0 Å². The van der Waals surface area contributed by atoms with Crippen molar-refractivity contribution in [1.29, 1.82) is 0 Å². The predicted octanol–water partition coefficient (Wildman–Crippen LogP) is 3.25. The molecule has 114 valence electrons. The normalized spacial score (nSPS) is 22.2. The number of hydrogen-bond donors (Lipinski definition) is 0. The van der Waals surface area contributed by atoms with Gasteiger partial charge in [-0.2, -0.15) is 0 Å².